The van der Waals surface area contributed by atoms with E-state index < -0.39 is 21.7 Å². The molecule has 0 amide bonds. The summed E-state index contributed by atoms with van der Waals surface area (Å²) in [7, 11) is -3.69. The second-order valence-corrected chi connectivity index (χ2v) is 5.76. The number of sulfonamides is 1. The lowest BCUT2D eigenvalue weighted by Crippen LogP contribution is -2.18. The summed E-state index contributed by atoms with van der Waals surface area (Å²) in [6.45, 7) is 1.39. The van der Waals surface area contributed by atoms with Gasteiger partial charge in [-0.25, -0.2) is 17.2 Å². The maximum Gasteiger partial charge on any atom is 0.232 e. The van der Waals surface area contributed by atoms with Crippen LogP contribution in [0.25, 0.3) is 0 Å². The largest absolute Gasteiger partial charge is 0.280 e. The van der Waals surface area contributed by atoms with Crippen LogP contribution in [-0.4, -0.2) is 20.1 Å². The minimum Gasteiger partial charge on any atom is -0.280 e. The van der Waals surface area contributed by atoms with Gasteiger partial charge in [-0.2, -0.15) is 0 Å². The summed E-state index contributed by atoms with van der Waals surface area (Å²) >= 11 is 5.36. The average molecular weight is 284 g/mol. The molecule has 0 aliphatic carbocycles. The highest BCUT2D eigenvalue weighted by Crippen LogP contribution is 2.20. The third kappa shape index (κ3) is 4.12. The third-order valence-corrected chi connectivity index (χ3v) is 3.68. The molecule has 1 rings (SSSR count). The normalized spacial score (nSPS) is 11.5. The van der Waals surface area contributed by atoms with Gasteiger partial charge >= 0.3 is 0 Å². The van der Waals surface area contributed by atoms with Gasteiger partial charge in [-0.15, -0.1) is 11.6 Å². The van der Waals surface area contributed by atoms with Gasteiger partial charge < -0.3 is 0 Å². The molecule has 17 heavy (non-hydrogen) atoms. The van der Waals surface area contributed by atoms with Gasteiger partial charge in [0.1, 0.15) is 11.6 Å². The Kier molecular flexibility index (Phi) is 4.70. The number of nitrogens with one attached hydrogen (secondary N) is 1. The van der Waals surface area contributed by atoms with Crippen molar-refractivity contribution in [3.05, 3.63) is 29.3 Å². The number of alkyl halides is 1. The highest BCUT2D eigenvalue weighted by molar-refractivity contribution is 7.92. The van der Waals surface area contributed by atoms with Crippen LogP contribution in [-0.2, 0) is 10.0 Å². The summed E-state index contributed by atoms with van der Waals surface area (Å²) in [5.74, 6) is -1.52. The van der Waals surface area contributed by atoms with E-state index in [1.165, 1.54) is 6.92 Å². The van der Waals surface area contributed by atoms with Gasteiger partial charge in [0.25, 0.3) is 0 Å². The van der Waals surface area contributed by atoms with Crippen molar-refractivity contribution in [2.24, 2.45) is 0 Å². The zero-order chi connectivity index (χ0) is 13.1. The molecule has 96 valence electrons. The molecular formula is C10H12ClF2NO2S. The fourth-order valence-electron chi connectivity index (χ4n) is 1.19. The summed E-state index contributed by atoms with van der Waals surface area (Å²) < 4.78 is 51.4. The molecule has 1 N–H and O–H groups in total. The van der Waals surface area contributed by atoms with Crippen molar-refractivity contribution in [3.63, 3.8) is 0 Å². The molecule has 0 aliphatic heterocycles. The molecular weight excluding hydrogens is 272 g/mol. The van der Waals surface area contributed by atoms with E-state index in [2.05, 4.69) is 0 Å². The molecule has 0 saturated heterocycles. The van der Waals surface area contributed by atoms with Crippen molar-refractivity contribution in [1.82, 2.24) is 0 Å². The zero-order valence-corrected chi connectivity index (χ0v) is 10.7. The van der Waals surface area contributed by atoms with Crippen LogP contribution < -0.4 is 4.72 Å². The minimum absolute atomic E-state index is 0.117. The van der Waals surface area contributed by atoms with E-state index in [0.717, 1.165) is 12.1 Å². The fraction of sp³-hybridized carbons (Fsp3) is 0.400. The molecule has 1 aromatic rings. The zero-order valence-electron chi connectivity index (χ0n) is 9.13. The Morgan fingerprint density at radius 3 is 2.53 bits per heavy atom. The van der Waals surface area contributed by atoms with Gasteiger partial charge in [0, 0.05) is 11.9 Å². The summed E-state index contributed by atoms with van der Waals surface area (Å²) in [5.41, 5.74) is -0.270. The lowest BCUT2D eigenvalue weighted by Gasteiger charge is -2.09. The molecule has 0 saturated carbocycles. The van der Waals surface area contributed by atoms with Crippen molar-refractivity contribution in [2.45, 2.75) is 13.3 Å². The number of aryl methyl sites for hydroxylation is 1. The maximum absolute atomic E-state index is 13.4. The number of halogens is 3. The molecule has 0 heterocycles. The first kappa shape index (κ1) is 14.2. The predicted molar refractivity (Wildman–Crippen MR) is 63.8 cm³/mol. The number of anilines is 1. The lowest BCUT2D eigenvalue weighted by atomic mass is 10.2. The summed E-state index contributed by atoms with van der Waals surface area (Å²) in [6, 6.07) is 1.76. The van der Waals surface area contributed by atoms with Gasteiger partial charge in [-0.3, -0.25) is 4.72 Å². The monoisotopic (exact) mass is 283 g/mol. The molecule has 0 bridgehead atoms. The van der Waals surface area contributed by atoms with E-state index >= 15 is 0 Å². The smallest absolute Gasteiger partial charge is 0.232 e. The van der Waals surface area contributed by atoms with Crippen LogP contribution in [0.1, 0.15) is 12.0 Å². The topological polar surface area (TPSA) is 46.2 Å². The standard InChI is InChI=1S/C10H12ClF2NO2S/c1-7-5-9(13)10(6-8(7)12)14-17(15,16)4-2-3-11/h5-6,14H,2-4H2,1H3. The van der Waals surface area contributed by atoms with Crippen LogP contribution in [0.15, 0.2) is 12.1 Å². The first-order valence-corrected chi connectivity index (χ1v) is 7.06. The highest BCUT2D eigenvalue weighted by atomic mass is 35.5. The molecule has 0 spiro atoms. The number of benzene rings is 1. The van der Waals surface area contributed by atoms with Crippen LogP contribution in [0.4, 0.5) is 14.5 Å². The van der Waals surface area contributed by atoms with E-state index in [1.54, 1.807) is 0 Å². The first-order valence-electron chi connectivity index (χ1n) is 4.88. The number of rotatable bonds is 5. The summed E-state index contributed by atoms with van der Waals surface area (Å²) in [5, 5.41) is 0. The Bertz CT molecular complexity index is 505. The highest BCUT2D eigenvalue weighted by Gasteiger charge is 2.14. The first-order chi connectivity index (χ1) is 7.85. The quantitative estimate of drug-likeness (QED) is 0.845. The van der Waals surface area contributed by atoms with E-state index in [0.29, 0.717) is 0 Å². The molecule has 7 heteroatoms. The Labute approximate surface area is 104 Å². The van der Waals surface area contributed by atoms with Crippen molar-refractivity contribution in [2.75, 3.05) is 16.4 Å². The molecule has 0 radical (unpaired) electrons. The summed E-state index contributed by atoms with van der Waals surface area (Å²) in [6.07, 6.45) is 0.243. The Morgan fingerprint density at radius 2 is 1.94 bits per heavy atom. The molecule has 0 aliphatic rings. The lowest BCUT2D eigenvalue weighted by molar-refractivity contribution is 0.590. The second-order valence-electron chi connectivity index (χ2n) is 3.54. The average Bonchev–Trinajstić information content (AvgIpc) is 2.23. The molecule has 3 nitrogen and oxygen atoms in total. The van der Waals surface area contributed by atoms with E-state index in [9.17, 15) is 17.2 Å². The Balaban J connectivity index is 2.92. The summed E-state index contributed by atoms with van der Waals surface area (Å²) in [4.78, 5) is 0. The second kappa shape index (κ2) is 5.64. The van der Waals surface area contributed by atoms with Crippen molar-refractivity contribution in [1.29, 1.82) is 0 Å². The van der Waals surface area contributed by atoms with Crippen LogP contribution in [0.2, 0.25) is 0 Å². The molecule has 0 aromatic heterocycles. The van der Waals surface area contributed by atoms with Gasteiger partial charge in [-0.05, 0) is 25.0 Å². The third-order valence-electron chi connectivity index (χ3n) is 2.06. The number of hydrogen-bond acceptors (Lipinski definition) is 2. The van der Waals surface area contributed by atoms with Crippen molar-refractivity contribution < 1.29 is 17.2 Å². The minimum atomic E-state index is -3.69. The molecule has 1 aromatic carbocycles. The predicted octanol–water partition coefficient (Wildman–Crippen LogP) is 2.64. The van der Waals surface area contributed by atoms with Gasteiger partial charge in [0.05, 0.1) is 11.4 Å². The van der Waals surface area contributed by atoms with Crippen molar-refractivity contribution in [3.8, 4) is 0 Å². The van der Waals surface area contributed by atoms with Crippen LogP contribution in [0.5, 0.6) is 0 Å². The molecule has 0 fully saturated rings. The van der Waals surface area contributed by atoms with Gasteiger partial charge in [-0.1, -0.05) is 0 Å². The fourth-order valence-corrected chi connectivity index (χ4v) is 2.60. The van der Waals surface area contributed by atoms with Crippen LogP contribution in [0.3, 0.4) is 0 Å². The van der Waals surface area contributed by atoms with E-state index in [1.807, 2.05) is 4.72 Å². The van der Waals surface area contributed by atoms with Gasteiger partial charge in [0.15, 0.2) is 0 Å². The van der Waals surface area contributed by atoms with Crippen LogP contribution >= 0.6 is 11.6 Å². The maximum atomic E-state index is 13.4. The molecule has 0 unspecified atom stereocenters. The molecule has 0 atom stereocenters. The number of hydrogen-bond donors (Lipinski definition) is 1. The Hall–Kier alpha value is -0.880. The Morgan fingerprint density at radius 1 is 1.29 bits per heavy atom. The SMILES string of the molecule is Cc1cc(F)c(NS(=O)(=O)CCCCl)cc1F. The van der Waals surface area contributed by atoms with Crippen LogP contribution in [0, 0.1) is 18.6 Å². The van der Waals surface area contributed by atoms with Crippen molar-refractivity contribution >= 4 is 27.3 Å². The van der Waals surface area contributed by atoms with Gasteiger partial charge in [0.2, 0.25) is 10.0 Å². The van der Waals surface area contributed by atoms with E-state index in [-0.39, 0.29) is 29.3 Å². The van der Waals surface area contributed by atoms with E-state index in [4.69, 9.17) is 11.6 Å².